The zero-order chi connectivity index (χ0) is 10.7. The highest BCUT2D eigenvalue weighted by atomic mass is 16.5. The van der Waals surface area contributed by atoms with E-state index < -0.39 is 0 Å². The molecule has 80 valence electrons. The second kappa shape index (κ2) is 4.18. The zero-order valence-corrected chi connectivity index (χ0v) is 8.51. The average molecular weight is 207 g/mol. The Balaban J connectivity index is 1.93. The van der Waals surface area contributed by atoms with Crippen molar-refractivity contribution < 1.29 is 9.15 Å². The topological polar surface area (TPSA) is 66.2 Å². The van der Waals surface area contributed by atoms with Crippen molar-refractivity contribution in [3.05, 3.63) is 36.0 Å². The van der Waals surface area contributed by atoms with Crippen LogP contribution in [0.4, 0.5) is 0 Å². The van der Waals surface area contributed by atoms with Gasteiger partial charge in [-0.25, -0.2) is 0 Å². The first-order valence-electron chi connectivity index (χ1n) is 4.67. The van der Waals surface area contributed by atoms with Crippen molar-refractivity contribution in [1.29, 1.82) is 0 Å². The van der Waals surface area contributed by atoms with Crippen LogP contribution in [0, 0.1) is 0 Å². The molecule has 0 amide bonds. The molecule has 2 heterocycles. The van der Waals surface area contributed by atoms with Crippen molar-refractivity contribution in [3.8, 4) is 5.75 Å². The third kappa shape index (κ3) is 2.38. The van der Waals surface area contributed by atoms with Crippen molar-refractivity contribution >= 4 is 0 Å². The molecule has 0 atom stereocenters. The fraction of sp³-hybridized carbons (Fsp3) is 0.300. The molecule has 0 fully saturated rings. The van der Waals surface area contributed by atoms with Gasteiger partial charge in [-0.1, -0.05) is 0 Å². The normalized spacial score (nSPS) is 10.5. The van der Waals surface area contributed by atoms with Gasteiger partial charge in [0.1, 0.15) is 18.1 Å². The molecule has 0 aliphatic heterocycles. The lowest BCUT2D eigenvalue weighted by molar-refractivity contribution is 0.266. The molecule has 2 aromatic rings. The Labute approximate surface area is 87.4 Å². The minimum Gasteiger partial charge on any atom is -0.482 e. The summed E-state index contributed by atoms with van der Waals surface area (Å²) < 4.78 is 12.5. The number of nitrogens with two attached hydrogens (primary N) is 1. The van der Waals surface area contributed by atoms with Gasteiger partial charge < -0.3 is 14.9 Å². The first-order valence-corrected chi connectivity index (χ1v) is 4.67. The number of hydrogen-bond acceptors (Lipinski definition) is 4. The van der Waals surface area contributed by atoms with Crippen molar-refractivity contribution in [2.45, 2.75) is 13.2 Å². The molecule has 2 aromatic heterocycles. The maximum absolute atomic E-state index is 5.45. The number of aromatic nitrogens is 2. The zero-order valence-electron chi connectivity index (χ0n) is 8.51. The molecular formula is C10H13N3O2. The van der Waals surface area contributed by atoms with E-state index in [9.17, 15) is 0 Å². The molecular weight excluding hydrogens is 194 g/mol. The fourth-order valence-corrected chi connectivity index (χ4v) is 1.24. The van der Waals surface area contributed by atoms with Crippen LogP contribution in [-0.2, 0) is 20.2 Å². The Kier molecular flexibility index (Phi) is 2.73. The highest BCUT2D eigenvalue weighted by Gasteiger charge is 2.02. The Morgan fingerprint density at radius 1 is 1.47 bits per heavy atom. The van der Waals surface area contributed by atoms with Gasteiger partial charge in [0.25, 0.3) is 0 Å². The van der Waals surface area contributed by atoms with E-state index in [2.05, 4.69) is 5.10 Å². The molecule has 0 unspecified atom stereocenters. The van der Waals surface area contributed by atoms with Crippen molar-refractivity contribution in [2.24, 2.45) is 12.8 Å². The van der Waals surface area contributed by atoms with Gasteiger partial charge in [-0.3, -0.25) is 4.68 Å². The SMILES string of the molecule is Cn1cc(OCc2ccc(CN)o2)cn1. The van der Waals surface area contributed by atoms with Gasteiger partial charge in [-0.15, -0.1) is 0 Å². The van der Waals surface area contributed by atoms with Gasteiger partial charge in [0.15, 0.2) is 5.75 Å². The van der Waals surface area contributed by atoms with Gasteiger partial charge in [-0.05, 0) is 12.1 Å². The molecule has 0 radical (unpaired) electrons. The Bertz CT molecular complexity index is 433. The van der Waals surface area contributed by atoms with Gasteiger partial charge in [0.2, 0.25) is 0 Å². The molecule has 0 aliphatic rings. The summed E-state index contributed by atoms with van der Waals surface area (Å²) in [6, 6.07) is 3.71. The molecule has 0 aliphatic carbocycles. The first-order chi connectivity index (χ1) is 7.28. The number of ether oxygens (including phenoxy) is 1. The second-order valence-electron chi connectivity index (χ2n) is 3.21. The van der Waals surface area contributed by atoms with E-state index in [1.54, 1.807) is 17.1 Å². The summed E-state index contributed by atoms with van der Waals surface area (Å²) in [5, 5.41) is 3.99. The molecule has 5 nitrogen and oxygen atoms in total. The monoisotopic (exact) mass is 207 g/mol. The van der Waals surface area contributed by atoms with Gasteiger partial charge in [0.05, 0.1) is 18.9 Å². The van der Waals surface area contributed by atoms with Crippen LogP contribution in [-0.4, -0.2) is 9.78 Å². The van der Waals surface area contributed by atoms with E-state index in [0.29, 0.717) is 13.2 Å². The lowest BCUT2D eigenvalue weighted by Crippen LogP contribution is -1.94. The average Bonchev–Trinajstić information content (AvgIpc) is 2.83. The van der Waals surface area contributed by atoms with Crippen LogP contribution in [0.5, 0.6) is 5.75 Å². The van der Waals surface area contributed by atoms with E-state index in [1.807, 2.05) is 19.2 Å². The summed E-state index contributed by atoms with van der Waals surface area (Å²) >= 11 is 0. The molecule has 0 aromatic carbocycles. The number of aryl methyl sites for hydroxylation is 1. The summed E-state index contributed by atoms with van der Waals surface area (Å²) in [6.45, 7) is 0.804. The van der Waals surface area contributed by atoms with Crippen molar-refractivity contribution in [1.82, 2.24) is 9.78 Å². The summed E-state index contributed by atoms with van der Waals surface area (Å²) in [6.07, 6.45) is 3.46. The van der Waals surface area contributed by atoms with Crippen LogP contribution in [0.1, 0.15) is 11.5 Å². The molecule has 5 heteroatoms. The van der Waals surface area contributed by atoms with E-state index in [1.165, 1.54) is 0 Å². The largest absolute Gasteiger partial charge is 0.482 e. The standard InChI is InChI=1S/C10H13N3O2/c1-13-6-10(5-12-13)14-7-9-3-2-8(4-11)15-9/h2-3,5-6H,4,7,11H2,1H3. The number of nitrogens with zero attached hydrogens (tertiary/aromatic N) is 2. The van der Waals surface area contributed by atoms with Crippen molar-refractivity contribution in [3.63, 3.8) is 0 Å². The summed E-state index contributed by atoms with van der Waals surface area (Å²) in [5.74, 6) is 2.25. The highest BCUT2D eigenvalue weighted by molar-refractivity contribution is 5.13. The lowest BCUT2D eigenvalue weighted by atomic mass is 10.4. The van der Waals surface area contributed by atoms with E-state index in [0.717, 1.165) is 17.3 Å². The predicted molar refractivity (Wildman–Crippen MR) is 54.1 cm³/mol. The maximum atomic E-state index is 5.45. The summed E-state index contributed by atoms with van der Waals surface area (Å²) in [4.78, 5) is 0. The quantitative estimate of drug-likeness (QED) is 0.813. The molecule has 2 rings (SSSR count). The highest BCUT2D eigenvalue weighted by Crippen LogP contribution is 2.12. The molecule has 0 bridgehead atoms. The molecule has 0 saturated carbocycles. The third-order valence-corrected chi connectivity index (χ3v) is 1.98. The number of furan rings is 1. The van der Waals surface area contributed by atoms with Crippen LogP contribution >= 0.6 is 0 Å². The maximum Gasteiger partial charge on any atom is 0.157 e. The Morgan fingerprint density at radius 3 is 2.87 bits per heavy atom. The van der Waals surface area contributed by atoms with Crippen LogP contribution in [0.25, 0.3) is 0 Å². The van der Waals surface area contributed by atoms with Crippen molar-refractivity contribution in [2.75, 3.05) is 0 Å². The van der Waals surface area contributed by atoms with Crippen LogP contribution < -0.4 is 10.5 Å². The van der Waals surface area contributed by atoms with Gasteiger partial charge >= 0.3 is 0 Å². The minimum atomic E-state index is 0.395. The van der Waals surface area contributed by atoms with Crippen LogP contribution in [0.15, 0.2) is 28.9 Å². The molecule has 0 spiro atoms. The molecule has 2 N–H and O–H groups in total. The van der Waals surface area contributed by atoms with Crippen LogP contribution in [0.3, 0.4) is 0 Å². The molecule has 0 saturated heterocycles. The first kappa shape index (κ1) is 9.79. The van der Waals surface area contributed by atoms with Gasteiger partial charge in [0, 0.05) is 7.05 Å². The number of hydrogen-bond donors (Lipinski definition) is 1. The lowest BCUT2D eigenvalue weighted by Gasteiger charge is -1.99. The predicted octanol–water partition coefficient (Wildman–Crippen LogP) is 1.05. The van der Waals surface area contributed by atoms with E-state index in [-0.39, 0.29) is 0 Å². The van der Waals surface area contributed by atoms with Gasteiger partial charge in [-0.2, -0.15) is 5.10 Å². The summed E-state index contributed by atoms with van der Waals surface area (Å²) in [5.41, 5.74) is 5.43. The fourth-order valence-electron chi connectivity index (χ4n) is 1.24. The minimum absolute atomic E-state index is 0.395. The third-order valence-electron chi connectivity index (χ3n) is 1.98. The molecule has 15 heavy (non-hydrogen) atoms. The number of rotatable bonds is 4. The second-order valence-corrected chi connectivity index (χ2v) is 3.21. The van der Waals surface area contributed by atoms with E-state index in [4.69, 9.17) is 14.9 Å². The Hall–Kier alpha value is -1.75. The summed E-state index contributed by atoms with van der Waals surface area (Å²) in [7, 11) is 1.84. The smallest absolute Gasteiger partial charge is 0.157 e. The van der Waals surface area contributed by atoms with E-state index >= 15 is 0 Å². The Morgan fingerprint density at radius 2 is 2.27 bits per heavy atom. The van der Waals surface area contributed by atoms with Crippen LogP contribution in [0.2, 0.25) is 0 Å².